The van der Waals surface area contributed by atoms with Gasteiger partial charge in [-0.05, 0) is 48.4 Å². The van der Waals surface area contributed by atoms with Crippen LogP contribution in [0.4, 0.5) is 46.6 Å². The third kappa shape index (κ3) is 7.55. The van der Waals surface area contributed by atoms with E-state index in [0.717, 1.165) is 42.7 Å². The van der Waals surface area contributed by atoms with E-state index in [1.807, 2.05) is 0 Å². The average molecular weight is 802 g/mol. The standard InChI is InChI=1S/C37H20ClF8N5O5/c1-16-32(51-35(54-16)36(42,43)44)17-5-8-20(9-6-17)49-34(53)30-24(40)10-7-19(31(30)41)11-18-3-2-4-23(39)29(18)33(52)50-28-15-47-25(14-48-28)21-12-26-27(13-22(21)38)56-37(45,46)55-26/h2-10,12-15H,11H2,1H3,(H,49,53)(H,48,50,52). The minimum absolute atomic E-state index is 0.0256. The SMILES string of the molecule is Cc1oc(C(F)(F)F)nc1-c1ccc(NC(=O)c2c(F)ccc(Cc3cccc(F)c3C(=O)Nc3cnc(-c4cc5c(cc4Cl)OC(F)(F)O5)cn3)c2F)cc1. The van der Waals surface area contributed by atoms with Gasteiger partial charge in [-0.15, -0.1) is 8.78 Å². The van der Waals surface area contributed by atoms with Crippen molar-refractivity contribution in [1.29, 1.82) is 0 Å². The van der Waals surface area contributed by atoms with Gasteiger partial charge >= 0.3 is 18.4 Å². The summed E-state index contributed by atoms with van der Waals surface area (Å²) in [6.07, 6.45) is -6.94. The number of amides is 2. The van der Waals surface area contributed by atoms with Crippen LogP contribution in [-0.4, -0.2) is 33.1 Å². The molecule has 19 heteroatoms. The summed E-state index contributed by atoms with van der Waals surface area (Å²) >= 11 is 6.20. The molecule has 2 aromatic heterocycles. The number of carbonyl (C=O) groups excluding carboxylic acids is 2. The van der Waals surface area contributed by atoms with Gasteiger partial charge in [0, 0.05) is 29.3 Å². The Hall–Kier alpha value is -6.56. The van der Waals surface area contributed by atoms with E-state index in [4.69, 9.17) is 16.0 Å². The van der Waals surface area contributed by atoms with Gasteiger partial charge in [0.05, 0.1) is 28.7 Å². The number of nitrogens with zero attached hydrogens (tertiary/aromatic N) is 3. The molecule has 0 atom stereocenters. The maximum absolute atomic E-state index is 15.8. The first kappa shape index (κ1) is 37.7. The van der Waals surface area contributed by atoms with Gasteiger partial charge in [-0.3, -0.25) is 14.6 Å². The molecule has 0 fully saturated rings. The van der Waals surface area contributed by atoms with Crippen molar-refractivity contribution in [3.63, 3.8) is 0 Å². The van der Waals surface area contributed by atoms with E-state index < -0.39 is 65.2 Å². The van der Waals surface area contributed by atoms with Crippen LogP contribution in [-0.2, 0) is 12.6 Å². The summed E-state index contributed by atoms with van der Waals surface area (Å²) in [4.78, 5) is 38.1. The molecule has 0 saturated carbocycles. The van der Waals surface area contributed by atoms with Crippen molar-refractivity contribution in [1.82, 2.24) is 15.0 Å². The Morgan fingerprint density at radius 1 is 0.821 bits per heavy atom. The zero-order valence-electron chi connectivity index (χ0n) is 28.0. The number of oxazole rings is 1. The normalized spacial score (nSPS) is 13.1. The Bertz CT molecular complexity index is 2530. The van der Waals surface area contributed by atoms with Crippen LogP contribution >= 0.6 is 11.6 Å². The number of halogens is 9. The molecular weight excluding hydrogens is 782 g/mol. The van der Waals surface area contributed by atoms with Crippen molar-refractivity contribution in [3.8, 4) is 34.0 Å². The molecule has 3 heterocycles. The molecule has 10 nitrogen and oxygen atoms in total. The lowest BCUT2D eigenvalue weighted by Crippen LogP contribution is -2.25. The van der Waals surface area contributed by atoms with Crippen molar-refractivity contribution in [2.24, 2.45) is 0 Å². The second-order valence-corrected chi connectivity index (χ2v) is 12.4. The van der Waals surface area contributed by atoms with Gasteiger partial charge < -0.3 is 24.5 Å². The Kier molecular flexibility index (Phi) is 9.61. The highest BCUT2D eigenvalue weighted by atomic mass is 35.5. The second-order valence-electron chi connectivity index (χ2n) is 12.0. The van der Waals surface area contributed by atoms with Crippen LogP contribution in [0.25, 0.3) is 22.5 Å². The molecule has 6 aromatic rings. The molecule has 56 heavy (non-hydrogen) atoms. The monoisotopic (exact) mass is 801 g/mol. The van der Waals surface area contributed by atoms with Gasteiger partial charge in [-0.25, -0.2) is 23.1 Å². The van der Waals surface area contributed by atoms with Crippen LogP contribution in [0, 0.1) is 24.4 Å². The van der Waals surface area contributed by atoms with E-state index in [0.29, 0.717) is 0 Å². The smallest absolute Gasteiger partial charge is 0.438 e. The summed E-state index contributed by atoms with van der Waals surface area (Å²) in [5.74, 6) is -8.10. The van der Waals surface area contributed by atoms with Gasteiger partial charge in [-0.2, -0.15) is 13.2 Å². The highest BCUT2D eigenvalue weighted by molar-refractivity contribution is 6.33. The topological polar surface area (TPSA) is 128 Å². The average Bonchev–Trinajstić information content (AvgIpc) is 3.67. The van der Waals surface area contributed by atoms with E-state index >= 15 is 8.78 Å². The Labute approximate surface area is 314 Å². The number of aryl methyl sites for hydroxylation is 1. The zero-order valence-corrected chi connectivity index (χ0v) is 28.8. The molecule has 0 saturated heterocycles. The van der Waals surface area contributed by atoms with Crippen molar-refractivity contribution >= 4 is 34.9 Å². The first-order valence-corrected chi connectivity index (χ1v) is 16.3. The molecule has 2 N–H and O–H groups in total. The van der Waals surface area contributed by atoms with E-state index in [9.17, 15) is 35.9 Å². The zero-order chi connectivity index (χ0) is 40.1. The van der Waals surface area contributed by atoms with Crippen LogP contribution in [0.1, 0.15) is 43.5 Å². The number of anilines is 2. The number of aromatic nitrogens is 3. The minimum Gasteiger partial charge on any atom is -0.438 e. The van der Waals surface area contributed by atoms with Gasteiger partial charge in [0.2, 0.25) is 0 Å². The Morgan fingerprint density at radius 3 is 2.16 bits per heavy atom. The number of nitrogens with one attached hydrogen (secondary N) is 2. The third-order valence-corrected chi connectivity index (χ3v) is 8.53. The summed E-state index contributed by atoms with van der Waals surface area (Å²) in [6, 6.07) is 12.8. The van der Waals surface area contributed by atoms with Crippen LogP contribution in [0.15, 0.2) is 83.5 Å². The van der Waals surface area contributed by atoms with Crippen LogP contribution in [0.3, 0.4) is 0 Å². The quantitative estimate of drug-likeness (QED) is 0.146. The molecule has 2 amide bonds. The molecule has 0 spiro atoms. The van der Waals surface area contributed by atoms with Crippen molar-refractivity contribution in [2.45, 2.75) is 25.8 Å². The third-order valence-electron chi connectivity index (χ3n) is 8.22. The number of ether oxygens (including phenoxy) is 2. The minimum atomic E-state index is -4.81. The molecule has 4 aromatic carbocycles. The molecule has 1 aliphatic heterocycles. The van der Waals surface area contributed by atoms with Crippen molar-refractivity contribution < 1.29 is 58.6 Å². The first-order chi connectivity index (χ1) is 26.5. The summed E-state index contributed by atoms with van der Waals surface area (Å²) in [6.45, 7) is 1.29. The Morgan fingerprint density at radius 2 is 1.50 bits per heavy atom. The molecule has 0 unspecified atom stereocenters. The lowest BCUT2D eigenvalue weighted by Gasteiger charge is -2.14. The molecule has 7 rings (SSSR count). The van der Waals surface area contributed by atoms with Gasteiger partial charge in [0.25, 0.3) is 11.8 Å². The van der Waals surface area contributed by atoms with E-state index in [2.05, 4.69) is 35.1 Å². The number of carbonyl (C=O) groups is 2. The second kappa shape index (κ2) is 14.3. The number of benzene rings is 4. The fourth-order valence-corrected chi connectivity index (χ4v) is 5.94. The molecule has 0 bridgehead atoms. The number of rotatable bonds is 8. The van der Waals surface area contributed by atoms with Gasteiger partial charge in [0.15, 0.2) is 17.3 Å². The fourth-order valence-electron chi connectivity index (χ4n) is 5.68. The van der Waals surface area contributed by atoms with Crippen LogP contribution in [0.5, 0.6) is 11.5 Å². The lowest BCUT2D eigenvalue weighted by atomic mass is 9.96. The van der Waals surface area contributed by atoms with Crippen molar-refractivity contribution in [3.05, 3.63) is 136 Å². The molecule has 1 aliphatic rings. The van der Waals surface area contributed by atoms with E-state index in [-0.39, 0.29) is 67.4 Å². The summed E-state index contributed by atoms with van der Waals surface area (Å²) < 4.78 is 125. The first-order valence-electron chi connectivity index (χ1n) is 15.9. The highest BCUT2D eigenvalue weighted by Crippen LogP contribution is 2.45. The maximum atomic E-state index is 15.8. The van der Waals surface area contributed by atoms with Crippen LogP contribution < -0.4 is 20.1 Å². The van der Waals surface area contributed by atoms with Crippen molar-refractivity contribution in [2.75, 3.05) is 10.6 Å². The number of fused-ring (bicyclic) bond motifs is 1. The van der Waals surface area contributed by atoms with Crippen LogP contribution in [0.2, 0.25) is 5.02 Å². The molecule has 286 valence electrons. The number of hydrogen-bond donors (Lipinski definition) is 2. The van der Waals surface area contributed by atoms with Gasteiger partial charge in [0.1, 0.15) is 34.5 Å². The predicted octanol–water partition coefficient (Wildman–Crippen LogP) is 9.61. The largest absolute Gasteiger partial charge is 0.586 e. The number of hydrogen-bond acceptors (Lipinski definition) is 8. The maximum Gasteiger partial charge on any atom is 0.586 e. The summed E-state index contributed by atoms with van der Waals surface area (Å²) in [5, 5.41) is 4.67. The van der Waals surface area contributed by atoms with Gasteiger partial charge in [-0.1, -0.05) is 41.9 Å². The molecule has 0 radical (unpaired) electrons. The van der Waals surface area contributed by atoms with E-state index in [1.54, 1.807) is 0 Å². The summed E-state index contributed by atoms with van der Waals surface area (Å²) in [7, 11) is 0. The predicted molar refractivity (Wildman–Crippen MR) is 182 cm³/mol. The Balaban J connectivity index is 1.07. The van der Waals surface area contributed by atoms with E-state index in [1.165, 1.54) is 43.3 Å². The lowest BCUT2D eigenvalue weighted by molar-refractivity contribution is -0.286. The molecular formula is C37H20ClF8N5O5. The number of alkyl halides is 5. The molecule has 0 aliphatic carbocycles. The highest BCUT2D eigenvalue weighted by Gasteiger charge is 2.44. The fraction of sp³-hybridized carbons (Fsp3) is 0.108. The summed E-state index contributed by atoms with van der Waals surface area (Å²) in [5.41, 5.74) is -1.49.